The highest BCUT2D eigenvalue weighted by atomic mass is 32.2. The lowest BCUT2D eigenvalue weighted by atomic mass is 9.77. The highest BCUT2D eigenvalue weighted by Gasteiger charge is 2.25. The van der Waals surface area contributed by atoms with Crippen LogP contribution in [0.2, 0.25) is 0 Å². The molecule has 2 heteroatoms. The Labute approximate surface area is 189 Å². The second-order valence-corrected chi connectivity index (χ2v) is 11.7. The molecule has 0 bridgehead atoms. The first-order valence-electron chi connectivity index (χ1n) is 12.9. The van der Waals surface area contributed by atoms with Gasteiger partial charge in [0, 0.05) is 18.1 Å². The maximum atomic E-state index is 12.6. The van der Waals surface area contributed by atoms with Gasteiger partial charge in [0.1, 0.15) is 5.78 Å². The van der Waals surface area contributed by atoms with E-state index in [1.807, 2.05) is 11.8 Å². The van der Waals surface area contributed by atoms with E-state index in [2.05, 4.69) is 48.5 Å². The molecule has 0 aromatic rings. The van der Waals surface area contributed by atoms with Crippen LogP contribution < -0.4 is 0 Å². The van der Waals surface area contributed by atoms with Gasteiger partial charge in [0.15, 0.2) is 0 Å². The molecule has 0 rings (SSSR count). The molecule has 0 saturated carbocycles. The Hall–Kier alpha value is 0.0200. The molecule has 0 fully saturated rings. The molecule has 3 atom stereocenters. The molecule has 0 aromatic heterocycles. The molecule has 0 aromatic carbocycles. The largest absolute Gasteiger partial charge is 0.300 e. The van der Waals surface area contributed by atoms with Gasteiger partial charge in [-0.25, -0.2) is 0 Å². The van der Waals surface area contributed by atoms with E-state index in [-0.39, 0.29) is 0 Å². The van der Waals surface area contributed by atoms with Gasteiger partial charge in [-0.2, -0.15) is 11.8 Å². The Morgan fingerprint density at radius 2 is 1.28 bits per heavy atom. The van der Waals surface area contributed by atoms with E-state index in [1.54, 1.807) is 0 Å². The van der Waals surface area contributed by atoms with Crippen LogP contribution >= 0.6 is 11.8 Å². The van der Waals surface area contributed by atoms with Gasteiger partial charge in [0.05, 0.1) is 0 Å². The summed E-state index contributed by atoms with van der Waals surface area (Å²) < 4.78 is 0. The Bertz CT molecular complexity index is 407. The van der Waals surface area contributed by atoms with E-state index in [9.17, 15) is 4.79 Å². The van der Waals surface area contributed by atoms with Gasteiger partial charge in [-0.15, -0.1) is 0 Å². The molecular formula is C27H54OS. The number of unbranched alkanes of at least 4 members (excludes halogenated alkanes) is 6. The molecule has 0 N–H and O–H groups in total. The van der Waals surface area contributed by atoms with Crippen LogP contribution in [0.1, 0.15) is 145 Å². The van der Waals surface area contributed by atoms with Crippen molar-refractivity contribution in [1.82, 2.24) is 0 Å². The van der Waals surface area contributed by atoms with Crippen molar-refractivity contribution in [3.63, 3.8) is 0 Å². The fourth-order valence-electron chi connectivity index (χ4n) is 4.05. The molecule has 0 aliphatic heterocycles. The van der Waals surface area contributed by atoms with Crippen molar-refractivity contribution >= 4 is 17.5 Å². The quantitative estimate of drug-likeness (QED) is 0.180. The number of ketones is 1. The lowest BCUT2D eigenvalue weighted by Crippen LogP contribution is -2.21. The van der Waals surface area contributed by atoms with E-state index < -0.39 is 0 Å². The Kier molecular flexibility index (Phi) is 16.7. The predicted molar refractivity (Wildman–Crippen MR) is 135 cm³/mol. The minimum absolute atomic E-state index is 0.360. The molecule has 0 radical (unpaired) electrons. The number of rotatable bonds is 20. The minimum Gasteiger partial charge on any atom is -0.300 e. The summed E-state index contributed by atoms with van der Waals surface area (Å²) in [6.07, 6.45) is 18.4. The summed E-state index contributed by atoms with van der Waals surface area (Å²) in [7, 11) is 0. The van der Waals surface area contributed by atoms with Crippen LogP contribution in [0, 0.1) is 10.8 Å². The lowest BCUT2D eigenvalue weighted by Gasteiger charge is -2.30. The average Bonchev–Trinajstić information content (AvgIpc) is 2.71. The van der Waals surface area contributed by atoms with Crippen LogP contribution in [0.3, 0.4) is 0 Å². The third kappa shape index (κ3) is 14.6. The van der Waals surface area contributed by atoms with Crippen molar-refractivity contribution in [2.24, 2.45) is 10.8 Å². The third-order valence-electron chi connectivity index (χ3n) is 7.21. The summed E-state index contributed by atoms with van der Waals surface area (Å²) in [4.78, 5) is 12.6. The molecule has 0 heterocycles. The molecule has 0 saturated heterocycles. The summed E-state index contributed by atoms with van der Waals surface area (Å²) in [6.45, 7) is 16.3. The number of carbonyl (C=O) groups is 1. The second-order valence-electron chi connectivity index (χ2n) is 10.3. The lowest BCUT2D eigenvalue weighted by molar-refractivity contribution is -0.119. The van der Waals surface area contributed by atoms with E-state index in [1.165, 1.54) is 82.8 Å². The van der Waals surface area contributed by atoms with Gasteiger partial charge >= 0.3 is 0 Å². The highest BCUT2D eigenvalue weighted by molar-refractivity contribution is 7.99. The minimum atomic E-state index is 0.360. The first-order valence-corrected chi connectivity index (χ1v) is 13.9. The number of hydrogen-bond acceptors (Lipinski definition) is 2. The van der Waals surface area contributed by atoms with Gasteiger partial charge < -0.3 is 0 Å². The number of thioether (sulfide) groups is 1. The zero-order chi connectivity index (χ0) is 22.2. The van der Waals surface area contributed by atoms with Crippen LogP contribution in [-0.2, 0) is 4.79 Å². The van der Waals surface area contributed by atoms with Crippen LogP contribution in [0.5, 0.6) is 0 Å². The van der Waals surface area contributed by atoms with Crippen LogP contribution in [0.25, 0.3) is 0 Å². The van der Waals surface area contributed by atoms with Gasteiger partial charge in [-0.3, -0.25) is 4.79 Å². The Morgan fingerprint density at radius 1 is 0.759 bits per heavy atom. The molecular weight excluding hydrogens is 372 g/mol. The fraction of sp³-hybridized carbons (Fsp3) is 0.963. The average molecular weight is 427 g/mol. The van der Waals surface area contributed by atoms with Crippen molar-refractivity contribution < 1.29 is 4.79 Å². The fourth-order valence-corrected chi connectivity index (χ4v) is 5.39. The Morgan fingerprint density at radius 3 is 1.76 bits per heavy atom. The van der Waals surface area contributed by atoms with E-state index >= 15 is 0 Å². The molecule has 0 aliphatic rings. The highest BCUT2D eigenvalue weighted by Crippen LogP contribution is 2.36. The zero-order valence-electron chi connectivity index (χ0n) is 21.2. The number of Topliss-reactive ketones (excluding diaryl/α,β-unsaturated/α-hetero) is 1. The van der Waals surface area contributed by atoms with Crippen molar-refractivity contribution in [2.75, 3.05) is 5.75 Å². The van der Waals surface area contributed by atoms with Crippen LogP contribution in [-0.4, -0.2) is 16.8 Å². The number of hydrogen-bond donors (Lipinski definition) is 0. The van der Waals surface area contributed by atoms with Crippen molar-refractivity contribution in [3.05, 3.63) is 0 Å². The summed E-state index contributed by atoms with van der Waals surface area (Å²) in [5, 5.41) is 0.460. The monoisotopic (exact) mass is 426 g/mol. The van der Waals surface area contributed by atoms with Crippen LogP contribution in [0.4, 0.5) is 0 Å². The summed E-state index contributed by atoms with van der Waals surface area (Å²) >= 11 is 2.04. The molecule has 1 nitrogen and oxygen atoms in total. The van der Waals surface area contributed by atoms with Crippen LogP contribution in [0.15, 0.2) is 0 Å². The summed E-state index contributed by atoms with van der Waals surface area (Å²) in [5.74, 6) is 1.69. The standard InChI is InChI=1S/C27H54OS/c1-8-12-14-16-19-26(6,10-3)21-18-25(28)22-24(5)29-23-27(7,11-4)20-17-15-13-9-2/h24H,8-23H2,1-7H3. The van der Waals surface area contributed by atoms with Gasteiger partial charge in [0.25, 0.3) is 0 Å². The molecule has 0 aliphatic carbocycles. The maximum Gasteiger partial charge on any atom is 0.134 e. The zero-order valence-corrected chi connectivity index (χ0v) is 22.0. The van der Waals surface area contributed by atoms with E-state index in [0.717, 1.165) is 19.3 Å². The molecule has 29 heavy (non-hydrogen) atoms. The van der Waals surface area contributed by atoms with Crippen molar-refractivity contribution in [1.29, 1.82) is 0 Å². The summed E-state index contributed by atoms with van der Waals surface area (Å²) in [5.41, 5.74) is 0.800. The third-order valence-corrected chi connectivity index (χ3v) is 8.81. The number of carbonyl (C=O) groups excluding carboxylic acids is 1. The first-order chi connectivity index (χ1) is 13.7. The molecule has 0 spiro atoms. The SMILES string of the molecule is CCCCCCC(C)(CC)CCC(=O)CC(C)SCC(C)(CC)CCCCCC. The summed E-state index contributed by atoms with van der Waals surface area (Å²) in [6, 6.07) is 0. The van der Waals surface area contributed by atoms with E-state index in [4.69, 9.17) is 0 Å². The van der Waals surface area contributed by atoms with Gasteiger partial charge in [-0.1, -0.05) is 106 Å². The van der Waals surface area contributed by atoms with Crippen molar-refractivity contribution in [3.8, 4) is 0 Å². The first kappa shape index (κ1) is 29.0. The molecule has 0 amide bonds. The Balaban J connectivity index is 4.24. The normalized spacial score (nSPS) is 16.9. The topological polar surface area (TPSA) is 17.1 Å². The molecule has 174 valence electrons. The maximum absolute atomic E-state index is 12.6. The predicted octanol–water partition coefficient (Wildman–Crippen LogP) is 9.62. The van der Waals surface area contributed by atoms with Gasteiger partial charge in [-0.05, 0) is 42.3 Å². The molecule has 3 unspecified atom stereocenters. The van der Waals surface area contributed by atoms with Gasteiger partial charge in [0.2, 0.25) is 0 Å². The van der Waals surface area contributed by atoms with Crippen molar-refractivity contribution in [2.45, 2.75) is 150 Å². The second kappa shape index (κ2) is 16.7. The van der Waals surface area contributed by atoms with E-state index in [0.29, 0.717) is 21.9 Å². The smallest absolute Gasteiger partial charge is 0.134 e.